The van der Waals surface area contributed by atoms with Gasteiger partial charge >= 0.3 is 0 Å². The van der Waals surface area contributed by atoms with Crippen LogP contribution in [-0.4, -0.2) is 24.7 Å². The summed E-state index contributed by atoms with van der Waals surface area (Å²) in [5.41, 5.74) is 2.05. The highest BCUT2D eigenvalue weighted by atomic mass is 19.1. The van der Waals surface area contributed by atoms with E-state index in [2.05, 4.69) is 20.1 Å². The molecule has 0 aliphatic carbocycles. The van der Waals surface area contributed by atoms with Gasteiger partial charge in [-0.05, 0) is 30.3 Å². The van der Waals surface area contributed by atoms with Crippen molar-refractivity contribution in [2.24, 2.45) is 0 Å². The average Bonchev–Trinajstić information content (AvgIpc) is 3.16. The van der Waals surface area contributed by atoms with E-state index in [1.165, 1.54) is 12.4 Å². The second-order valence-electron chi connectivity index (χ2n) is 4.76. The zero-order valence-corrected chi connectivity index (χ0v) is 11.2. The maximum absolute atomic E-state index is 13.7. The van der Waals surface area contributed by atoms with Crippen molar-refractivity contribution in [2.75, 3.05) is 0 Å². The van der Waals surface area contributed by atoms with Crippen molar-refractivity contribution in [3.8, 4) is 17.1 Å². The molecule has 2 heterocycles. The molecule has 108 valence electrons. The van der Waals surface area contributed by atoms with Crippen LogP contribution in [0.2, 0.25) is 0 Å². The first-order chi connectivity index (χ1) is 10.7. The van der Waals surface area contributed by atoms with Crippen LogP contribution >= 0.6 is 0 Å². The van der Waals surface area contributed by atoms with Gasteiger partial charge in [-0.2, -0.15) is 5.10 Å². The van der Waals surface area contributed by atoms with Crippen LogP contribution in [0.1, 0.15) is 0 Å². The van der Waals surface area contributed by atoms with Crippen molar-refractivity contribution in [1.29, 1.82) is 0 Å². The summed E-state index contributed by atoms with van der Waals surface area (Å²) in [4.78, 5) is 11.0. The van der Waals surface area contributed by atoms with E-state index in [1.54, 1.807) is 11.0 Å². The van der Waals surface area contributed by atoms with E-state index in [0.717, 1.165) is 17.3 Å². The second kappa shape index (κ2) is 4.73. The van der Waals surface area contributed by atoms with E-state index >= 15 is 0 Å². The maximum Gasteiger partial charge on any atom is 0.153 e. The van der Waals surface area contributed by atoms with Crippen molar-refractivity contribution in [3.05, 3.63) is 60.7 Å². The monoisotopic (exact) mass is 297 g/mol. The standard InChI is InChI=1S/C15H9F2N5/c16-10-5-12(17)14-13(6-10)20-15(21-14)9-1-3-11(4-2-9)22-8-18-7-19-22/h1-8H,(H,20,21). The Morgan fingerprint density at radius 1 is 1.05 bits per heavy atom. The molecule has 5 nitrogen and oxygen atoms in total. The third-order valence-electron chi connectivity index (χ3n) is 3.33. The molecule has 0 unspecified atom stereocenters. The summed E-state index contributed by atoms with van der Waals surface area (Å²) in [6.45, 7) is 0. The molecular formula is C15H9F2N5. The van der Waals surface area contributed by atoms with Crippen LogP contribution in [0.3, 0.4) is 0 Å². The number of hydrogen-bond acceptors (Lipinski definition) is 3. The summed E-state index contributed by atoms with van der Waals surface area (Å²) < 4.78 is 28.5. The lowest BCUT2D eigenvalue weighted by atomic mass is 10.2. The number of nitrogens with zero attached hydrogens (tertiary/aromatic N) is 4. The van der Waals surface area contributed by atoms with Crippen molar-refractivity contribution < 1.29 is 8.78 Å². The lowest BCUT2D eigenvalue weighted by molar-refractivity contribution is 0.591. The van der Waals surface area contributed by atoms with Gasteiger partial charge in [-0.3, -0.25) is 0 Å². The lowest BCUT2D eigenvalue weighted by Crippen LogP contribution is -1.93. The average molecular weight is 297 g/mol. The third kappa shape index (κ3) is 2.03. The van der Waals surface area contributed by atoms with Crippen molar-refractivity contribution >= 4 is 11.0 Å². The number of benzene rings is 2. The largest absolute Gasteiger partial charge is 0.338 e. The first-order valence-electron chi connectivity index (χ1n) is 6.51. The van der Waals surface area contributed by atoms with Crippen LogP contribution in [0, 0.1) is 11.6 Å². The highest BCUT2D eigenvalue weighted by Gasteiger charge is 2.11. The van der Waals surface area contributed by atoms with Crippen LogP contribution in [-0.2, 0) is 0 Å². The zero-order chi connectivity index (χ0) is 15.1. The summed E-state index contributed by atoms with van der Waals surface area (Å²) >= 11 is 0. The number of rotatable bonds is 2. The molecule has 0 amide bonds. The predicted molar refractivity (Wildman–Crippen MR) is 76.4 cm³/mol. The van der Waals surface area contributed by atoms with E-state index < -0.39 is 11.6 Å². The van der Waals surface area contributed by atoms with Gasteiger partial charge in [0.25, 0.3) is 0 Å². The van der Waals surface area contributed by atoms with E-state index in [9.17, 15) is 8.78 Å². The van der Waals surface area contributed by atoms with Crippen LogP contribution < -0.4 is 0 Å². The smallest absolute Gasteiger partial charge is 0.153 e. The van der Waals surface area contributed by atoms with E-state index in [1.807, 2.05) is 24.3 Å². The molecule has 0 bridgehead atoms. The molecule has 7 heteroatoms. The second-order valence-corrected chi connectivity index (χ2v) is 4.76. The molecule has 0 aliphatic heterocycles. The normalized spacial score (nSPS) is 11.2. The van der Waals surface area contributed by atoms with Gasteiger partial charge in [0.1, 0.15) is 29.8 Å². The predicted octanol–water partition coefficient (Wildman–Crippen LogP) is 3.09. The topological polar surface area (TPSA) is 59.4 Å². The molecule has 4 aromatic rings. The molecule has 0 radical (unpaired) electrons. The molecule has 2 aromatic carbocycles. The van der Waals surface area contributed by atoms with Crippen LogP contribution in [0.4, 0.5) is 8.78 Å². The summed E-state index contributed by atoms with van der Waals surface area (Å²) in [6.07, 6.45) is 3.04. The van der Waals surface area contributed by atoms with Crippen molar-refractivity contribution in [3.63, 3.8) is 0 Å². The summed E-state index contributed by atoms with van der Waals surface area (Å²) in [5, 5.41) is 4.04. The Balaban J connectivity index is 1.77. The molecular weight excluding hydrogens is 288 g/mol. The fourth-order valence-electron chi connectivity index (χ4n) is 2.29. The number of nitrogens with one attached hydrogen (secondary N) is 1. The first kappa shape index (κ1) is 12.6. The number of aromatic nitrogens is 5. The molecule has 0 atom stereocenters. The summed E-state index contributed by atoms with van der Waals surface area (Å²) in [7, 11) is 0. The quantitative estimate of drug-likeness (QED) is 0.618. The number of halogens is 2. The molecule has 0 spiro atoms. The molecule has 0 saturated carbocycles. The van der Waals surface area contributed by atoms with E-state index in [4.69, 9.17) is 0 Å². The minimum Gasteiger partial charge on any atom is -0.338 e. The van der Waals surface area contributed by atoms with Gasteiger partial charge in [-0.25, -0.2) is 23.4 Å². The Kier molecular flexibility index (Phi) is 2.72. The van der Waals surface area contributed by atoms with Crippen molar-refractivity contribution in [2.45, 2.75) is 0 Å². The molecule has 4 rings (SSSR count). The highest BCUT2D eigenvalue weighted by Crippen LogP contribution is 2.24. The molecule has 0 fully saturated rings. The van der Waals surface area contributed by atoms with Gasteiger partial charge in [0.2, 0.25) is 0 Å². The third-order valence-corrected chi connectivity index (χ3v) is 3.33. The number of fused-ring (bicyclic) bond motifs is 1. The van der Waals surface area contributed by atoms with Gasteiger partial charge in [0.15, 0.2) is 5.82 Å². The molecule has 22 heavy (non-hydrogen) atoms. The van der Waals surface area contributed by atoms with Crippen LogP contribution in [0.25, 0.3) is 28.1 Å². The summed E-state index contributed by atoms with van der Waals surface area (Å²) in [6, 6.07) is 9.37. The van der Waals surface area contributed by atoms with Gasteiger partial charge in [-0.1, -0.05) is 0 Å². The first-order valence-corrected chi connectivity index (χ1v) is 6.51. The fourth-order valence-corrected chi connectivity index (χ4v) is 2.29. The molecule has 1 N–H and O–H groups in total. The Hall–Kier alpha value is -3.09. The lowest BCUT2D eigenvalue weighted by Gasteiger charge is -2.01. The SMILES string of the molecule is Fc1cc(F)c2nc(-c3ccc(-n4cncn4)cc3)[nH]c2c1. The maximum atomic E-state index is 13.7. The van der Waals surface area contributed by atoms with Gasteiger partial charge in [0, 0.05) is 11.6 Å². The van der Waals surface area contributed by atoms with Crippen LogP contribution in [0.5, 0.6) is 0 Å². The molecule has 0 saturated heterocycles. The molecule has 0 aliphatic rings. The van der Waals surface area contributed by atoms with E-state index in [0.29, 0.717) is 11.3 Å². The highest BCUT2D eigenvalue weighted by molar-refractivity contribution is 5.80. The number of imidazole rings is 1. The Morgan fingerprint density at radius 2 is 1.86 bits per heavy atom. The minimum atomic E-state index is -0.684. The molecule has 2 aromatic heterocycles. The zero-order valence-electron chi connectivity index (χ0n) is 11.2. The van der Waals surface area contributed by atoms with Crippen LogP contribution in [0.15, 0.2) is 49.1 Å². The Labute approximate surface area is 123 Å². The Bertz CT molecular complexity index is 942. The van der Waals surface area contributed by atoms with Crippen molar-refractivity contribution in [1.82, 2.24) is 24.7 Å². The van der Waals surface area contributed by atoms with E-state index in [-0.39, 0.29) is 5.52 Å². The Morgan fingerprint density at radius 3 is 2.59 bits per heavy atom. The number of hydrogen-bond donors (Lipinski definition) is 1. The van der Waals surface area contributed by atoms with Gasteiger partial charge in [-0.15, -0.1) is 0 Å². The number of aromatic amines is 1. The van der Waals surface area contributed by atoms with Gasteiger partial charge < -0.3 is 4.98 Å². The minimum absolute atomic E-state index is 0.122. The van der Waals surface area contributed by atoms with Gasteiger partial charge in [0.05, 0.1) is 11.2 Å². The number of H-pyrrole nitrogens is 1. The fraction of sp³-hybridized carbons (Fsp3) is 0. The summed E-state index contributed by atoms with van der Waals surface area (Å²) in [5.74, 6) is -0.844.